The highest BCUT2D eigenvalue weighted by molar-refractivity contribution is 6.35. The Balaban J connectivity index is 0.00000324. The average molecular weight is 326 g/mol. The summed E-state index contributed by atoms with van der Waals surface area (Å²) in [5.74, 6) is 0.000978. The van der Waals surface area contributed by atoms with Crippen LogP contribution in [0.3, 0.4) is 0 Å². The van der Waals surface area contributed by atoms with Crippen molar-refractivity contribution in [1.82, 2.24) is 5.32 Å². The number of benzene rings is 1. The normalized spacial score (nSPS) is 13.3. The molecule has 0 aliphatic heterocycles. The summed E-state index contributed by atoms with van der Waals surface area (Å²) in [6.45, 7) is 4.33. The molecule has 108 valence electrons. The Morgan fingerprint density at radius 2 is 2.05 bits per heavy atom. The van der Waals surface area contributed by atoms with Crippen molar-refractivity contribution >= 4 is 41.5 Å². The second-order valence-electron chi connectivity index (χ2n) is 4.36. The minimum Gasteiger partial charge on any atom is -0.351 e. The summed E-state index contributed by atoms with van der Waals surface area (Å²) in [5.41, 5.74) is 6.66. The summed E-state index contributed by atoms with van der Waals surface area (Å²) in [6.07, 6.45) is 0.871. The predicted molar refractivity (Wildman–Crippen MR) is 83.0 cm³/mol. The lowest BCUT2D eigenvalue weighted by Gasteiger charge is -2.18. The van der Waals surface area contributed by atoms with Gasteiger partial charge in [0.2, 0.25) is 5.91 Å². The van der Waals surface area contributed by atoms with E-state index in [0.717, 1.165) is 12.0 Å². The zero-order valence-electron chi connectivity index (χ0n) is 11.0. The van der Waals surface area contributed by atoms with Gasteiger partial charge in [-0.3, -0.25) is 4.79 Å². The van der Waals surface area contributed by atoms with Crippen molar-refractivity contribution in [1.29, 1.82) is 0 Å². The van der Waals surface area contributed by atoms with Gasteiger partial charge in [-0.25, -0.2) is 0 Å². The number of nitrogens with one attached hydrogen (secondary N) is 1. The van der Waals surface area contributed by atoms with Crippen LogP contribution < -0.4 is 11.1 Å². The number of carbonyl (C=O) groups excluding carboxylic acids is 1. The monoisotopic (exact) mass is 324 g/mol. The highest BCUT2D eigenvalue weighted by Gasteiger charge is 2.19. The molecule has 0 radical (unpaired) electrons. The van der Waals surface area contributed by atoms with E-state index in [1.165, 1.54) is 0 Å². The Kier molecular flexibility index (Phi) is 8.42. The Labute approximate surface area is 130 Å². The maximum Gasteiger partial charge on any atom is 0.237 e. The molecule has 0 bridgehead atoms. The Morgan fingerprint density at radius 1 is 1.42 bits per heavy atom. The van der Waals surface area contributed by atoms with Gasteiger partial charge in [0.25, 0.3) is 0 Å². The fraction of sp³-hybridized carbons (Fsp3) is 0.462. The van der Waals surface area contributed by atoms with Gasteiger partial charge < -0.3 is 11.1 Å². The lowest BCUT2D eigenvalue weighted by atomic mass is 9.99. The van der Waals surface area contributed by atoms with Gasteiger partial charge in [0.05, 0.1) is 6.04 Å². The van der Waals surface area contributed by atoms with E-state index < -0.39 is 6.04 Å². The van der Waals surface area contributed by atoms with Crippen molar-refractivity contribution in [3.63, 3.8) is 0 Å². The standard InChI is InChI=1S/C13H18Cl2N2O.ClH/c1-3-8(2)12(16)13(18)17-7-9-4-5-10(14)6-11(9)15;/h4-6,8,12H,3,7,16H2,1-2H3,(H,17,18);1H. The quantitative estimate of drug-likeness (QED) is 0.871. The molecule has 0 spiro atoms. The molecular weight excluding hydrogens is 307 g/mol. The molecule has 0 aliphatic rings. The molecule has 1 amide bonds. The van der Waals surface area contributed by atoms with E-state index in [-0.39, 0.29) is 24.2 Å². The summed E-state index contributed by atoms with van der Waals surface area (Å²) in [6, 6.07) is 4.70. The van der Waals surface area contributed by atoms with Crippen molar-refractivity contribution in [3.05, 3.63) is 33.8 Å². The maximum absolute atomic E-state index is 11.8. The van der Waals surface area contributed by atoms with Crippen LogP contribution in [0.2, 0.25) is 10.0 Å². The number of hydrogen-bond donors (Lipinski definition) is 2. The third-order valence-electron chi connectivity index (χ3n) is 3.03. The number of hydrogen-bond acceptors (Lipinski definition) is 2. The van der Waals surface area contributed by atoms with Gasteiger partial charge in [-0.2, -0.15) is 0 Å². The summed E-state index contributed by atoms with van der Waals surface area (Å²) >= 11 is 11.8. The van der Waals surface area contributed by atoms with Crippen LogP contribution in [0.1, 0.15) is 25.8 Å². The molecule has 3 N–H and O–H groups in total. The highest BCUT2D eigenvalue weighted by atomic mass is 35.5. The van der Waals surface area contributed by atoms with Crippen molar-refractivity contribution in [2.75, 3.05) is 0 Å². The van der Waals surface area contributed by atoms with Gasteiger partial charge in [0.1, 0.15) is 0 Å². The molecular formula is C13H19Cl3N2O. The Bertz CT molecular complexity index is 426. The molecule has 0 saturated heterocycles. The van der Waals surface area contributed by atoms with Gasteiger partial charge >= 0.3 is 0 Å². The smallest absolute Gasteiger partial charge is 0.237 e. The van der Waals surface area contributed by atoms with E-state index in [0.29, 0.717) is 16.6 Å². The van der Waals surface area contributed by atoms with Gasteiger partial charge in [0.15, 0.2) is 0 Å². The lowest BCUT2D eigenvalue weighted by Crippen LogP contribution is -2.44. The fourth-order valence-electron chi connectivity index (χ4n) is 1.48. The molecule has 0 fully saturated rings. The molecule has 0 saturated carbocycles. The van der Waals surface area contributed by atoms with Crippen LogP contribution in [-0.4, -0.2) is 11.9 Å². The van der Waals surface area contributed by atoms with E-state index in [1.54, 1.807) is 18.2 Å². The van der Waals surface area contributed by atoms with E-state index in [2.05, 4.69) is 5.32 Å². The Morgan fingerprint density at radius 3 is 2.58 bits per heavy atom. The van der Waals surface area contributed by atoms with Gasteiger partial charge in [-0.15, -0.1) is 12.4 Å². The SMILES string of the molecule is CCC(C)C(N)C(=O)NCc1ccc(Cl)cc1Cl.Cl. The largest absolute Gasteiger partial charge is 0.351 e. The molecule has 1 aromatic carbocycles. The first-order valence-electron chi connectivity index (χ1n) is 5.93. The molecule has 19 heavy (non-hydrogen) atoms. The fourth-order valence-corrected chi connectivity index (χ4v) is 1.95. The minimum atomic E-state index is -0.485. The van der Waals surface area contributed by atoms with Crippen LogP contribution in [0.25, 0.3) is 0 Å². The second-order valence-corrected chi connectivity index (χ2v) is 5.21. The first-order valence-corrected chi connectivity index (χ1v) is 6.68. The predicted octanol–water partition coefficient (Wildman–Crippen LogP) is 3.40. The van der Waals surface area contributed by atoms with Gasteiger partial charge in [0, 0.05) is 16.6 Å². The maximum atomic E-state index is 11.8. The zero-order chi connectivity index (χ0) is 13.7. The summed E-state index contributed by atoms with van der Waals surface area (Å²) in [4.78, 5) is 11.8. The second kappa shape index (κ2) is 8.64. The van der Waals surface area contributed by atoms with Crippen LogP contribution >= 0.6 is 35.6 Å². The summed E-state index contributed by atoms with van der Waals surface area (Å²) < 4.78 is 0. The van der Waals surface area contributed by atoms with E-state index in [4.69, 9.17) is 28.9 Å². The van der Waals surface area contributed by atoms with Gasteiger partial charge in [-0.1, -0.05) is 49.5 Å². The van der Waals surface area contributed by atoms with E-state index in [9.17, 15) is 4.79 Å². The number of halogens is 3. The van der Waals surface area contributed by atoms with Crippen molar-refractivity contribution < 1.29 is 4.79 Å². The number of nitrogens with two attached hydrogens (primary N) is 1. The average Bonchev–Trinajstić information content (AvgIpc) is 2.35. The van der Waals surface area contributed by atoms with Crippen LogP contribution in [0.15, 0.2) is 18.2 Å². The van der Waals surface area contributed by atoms with E-state index >= 15 is 0 Å². The van der Waals surface area contributed by atoms with Crippen LogP contribution in [0.4, 0.5) is 0 Å². The molecule has 2 atom stereocenters. The number of carbonyl (C=O) groups is 1. The minimum absolute atomic E-state index is 0. The first-order chi connectivity index (χ1) is 8.45. The molecule has 1 rings (SSSR count). The third-order valence-corrected chi connectivity index (χ3v) is 3.61. The Hall–Kier alpha value is -0.480. The summed E-state index contributed by atoms with van der Waals surface area (Å²) in [7, 11) is 0. The topological polar surface area (TPSA) is 55.1 Å². The first kappa shape index (κ1) is 18.5. The third kappa shape index (κ3) is 5.57. The van der Waals surface area contributed by atoms with Crippen LogP contribution in [0, 0.1) is 5.92 Å². The van der Waals surface area contributed by atoms with Crippen LogP contribution in [0.5, 0.6) is 0 Å². The van der Waals surface area contributed by atoms with Gasteiger partial charge in [-0.05, 0) is 23.6 Å². The molecule has 2 unspecified atom stereocenters. The number of amides is 1. The van der Waals surface area contributed by atoms with Crippen molar-refractivity contribution in [3.8, 4) is 0 Å². The van der Waals surface area contributed by atoms with E-state index in [1.807, 2.05) is 13.8 Å². The summed E-state index contributed by atoms with van der Waals surface area (Å²) in [5, 5.41) is 3.90. The molecule has 6 heteroatoms. The molecule has 0 aromatic heterocycles. The van der Waals surface area contributed by atoms with Crippen molar-refractivity contribution in [2.24, 2.45) is 11.7 Å². The van der Waals surface area contributed by atoms with Crippen molar-refractivity contribution in [2.45, 2.75) is 32.9 Å². The molecule has 0 heterocycles. The lowest BCUT2D eigenvalue weighted by molar-refractivity contribution is -0.123. The molecule has 3 nitrogen and oxygen atoms in total. The zero-order valence-corrected chi connectivity index (χ0v) is 13.3. The number of rotatable bonds is 5. The highest BCUT2D eigenvalue weighted by Crippen LogP contribution is 2.20. The molecule has 1 aromatic rings. The molecule has 0 aliphatic carbocycles. The van der Waals surface area contributed by atoms with Crippen LogP contribution in [-0.2, 0) is 11.3 Å².